The van der Waals surface area contributed by atoms with Crippen LogP contribution >= 0.6 is 11.3 Å². The Labute approximate surface area is 158 Å². The minimum absolute atomic E-state index is 0.0569. The predicted octanol–water partition coefficient (Wildman–Crippen LogP) is 4.69. The summed E-state index contributed by atoms with van der Waals surface area (Å²) in [4.78, 5) is 14.5. The first kappa shape index (κ1) is 18.4. The molecule has 1 unspecified atom stereocenters. The predicted molar refractivity (Wildman–Crippen MR) is 107 cm³/mol. The van der Waals surface area contributed by atoms with Gasteiger partial charge in [0, 0.05) is 15.3 Å². The highest BCUT2D eigenvalue weighted by molar-refractivity contribution is 7.12. The SMILES string of the molecule is Cc1cc(C)c(C(=O)NCc2ccc(C(O)c3ccccc3)s2)c(C)c1. The number of nitrogens with one attached hydrogen (secondary N) is 1. The molecule has 0 aliphatic heterocycles. The lowest BCUT2D eigenvalue weighted by Gasteiger charge is -2.11. The zero-order chi connectivity index (χ0) is 18.7. The van der Waals surface area contributed by atoms with Crippen LogP contribution in [0.5, 0.6) is 0 Å². The topological polar surface area (TPSA) is 49.3 Å². The zero-order valence-corrected chi connectivity index (χ0v) is 16.1. The van der Waals surface area contributed by atoms with Gasteiger partial charge in [-0.05, 0) is 49.6 Å². The Hall–Kier alpha value is -2.43. The largest absolute Gasteiger partial charge is 0.383 e. The molecule has 0 radical (unpaired) electrons. The quantitative estimate of drug-likeness (QED) is 0.689. The normalized spacial score (nSPS) is 12.0. The summed E-state index contributed by atoms with van der Waals surface area (Å²) in [6.07, 6.45) is -0.632. The fraction of sp³-hybridized carbons (Fsp3) is 0.227. The van der Waals surface area contributed by atoms with Crippen LogP contribution in [0.15, 0.2) is 54.6 Å². The lowest BCUT2D eigenvalue weighted by molar-refractivity contribution is 0.0950. The lowest BCUT2D eigenvalue weighted by atomic mass is 9.99. The van der Waals surface area contributed by atoms with Gasteiger partial charge >= 0.3 is 0 Å². The Morgan fingerprint density at radius 3 is 2.35 bits per heavy atom. The molecule has 0 aliphatic rings. The number of hydrogen-bond donors (Lipinski definition) is 2. The Morgan fingerprint density at radius 1 is 1.04 bits per heavy atom. The van der Waals surface area contributed by atoms with E-state index in [4.69, 9.17) is 0 Å². The highest BCUT2D eigenvalue weighted by Crippen LogP contribution is 2.28. The highest BCUT2D eigenvalue weighted by Gasteiger charge is 2.15. The number of rotatable bonds is 5. The summed E-state index contributed by atoms with van der Waals surface area (Å²) in [7, 11) is 0. The third-order valence-corrected chi connectivity index (χ3v) is 5.53. The van der Waals surface area contributed by atoms with Crippen molar-refractivity contribution < 1.29 is 9.90 Å². The Kier molecular flexibility index (Phi) is 5.55. The molecular formula is C22H23NO2S. The zero-order valence-electron chi connectivity index (χ0n) is 15.2. The van der Waals surface area contributed by atoms with E-state index >= 15 is 0 Å². The van der Waals surface area contributed by atoms with E-state index in [1.165, 1.54) is 11.3 Å². The standard InChI is InChI=1S/C22H23NO2S/c1-14-11-15(2)20(16(3)12-14)22(25)23-13-18-9-10-19(26-18)21(24)17-7-5-4-6-8-17/h4-12,21,24H,13H2,1-3H3,(H,23,25). The van der Waals surface area contributed by atoms with Crippen molar-refractivity contribution in [2.24, 2.45) is 0 Å². The van der Waals surface area contributed by atoms with Crippen molar-refractivity contribution in [3.63, 3.8) is 0 Å². The summed E-state index contributed by atoms with van der Waals surface area (Å²) < 4.78 is 0. The molecule has 1 heterocycles. The molecule has 1 amide bonds. The number of thiophene rings is 1. The van der Waals surface area contributed by atoms with Gasteiger partial charge in [-0.3, -0.25) is 4.79 Å². The molecule has 0 aliphatic carbocycles. The summed E-state index contributed by atoms with van der Waals surface area (Å²) in [6, 6.07) is 17.5. The van der Waals surface area contributed by atoms with Crippen LogP contribution in [-0.4, -0.2) is 11.0 Å². The average Bonchev–Trinajstić information content (AvgIpc) is 3.08. The number of benzene rings is 2. The van der Waals surface area contributed by atoms with Gasteiger partial charge in [0.25, 0.3) is 5.91 Å². The molecule has 3 rings (SSSR count). The first-order valence-corrected chi connectivity index (χ1v) is 9.45. The number of aliphatic hydroxyl groups is 1. The first-order chi connectivity index (χ1) is 12.5. The van der Waals surface area contributed by atoms with Gasteiger partial charge in [-0.25, -0.2) is 0 Å². The Balaban J connectivity index is 1.68. The van der Waals surface area contributed by atoms with Crippen LogP contribution in [0.3, 0.4) is 0 Å². The van der Waals surface area contributed by atoms with E-state index in [0.29, 0.717) is 6.54 Å². The van der Waals surface area contributed by atoms with Crippen LogP contribution in [0.4, 0.5) is 0 Å². The van der Waals surface area contributed by atoms with Crippen molar-refractivity contribution in [1.29, 1.82) is 0 Å². The van der Waals surface area contributed by atoms with E-state index in [1.54, 1.807) is 0 Å². The second-order valence-corrected chi connectivity index (χ2v) is 7.77. The maximum atomic E-state index is 12.6. The minimum atomic E-state index is -0.632. The van der Waals surface area contributed by atoms with Crippen LogP contribution in [-0.2, 0) is 6.54 Å². The van der Waals surface area contributed by atoms with Crippen molar-refractivity contribution in [1.82, 2.24) is 5.32 Å². The number of aliphatic hydroxyl groups excluding tert-OH is 1. The molecule has 0 spiro atoms. The molecule has 1 atom stereocenters. The van der Waals surface area contributed by atoms with Gasteiger partial charge in [-0.1, -0.05) is 48.0 Å². The second-order valence-electron chi connectivity index (χ2n) is 6.57. The maximum Gasteiger partial charge on any atom is 0.252 e. The lowest BCUT2D eigenvalue weighted by Crippen LogP contribution is -2.24. The summed E-state index contributed by atoms with van der Waals surface area (Å²) >= 11 is 1.52. The van der Waals surface area contributed by atoms with Crippen LogP contribution in [0.2, 0.25) is 0 Å². The van der Waals surface area contributed by atoms with Gasteiger partial charge in [0.05, 0.1) is 6.54 Å². The Bertz CT molecular complexity index is 892. The van der Waals surface area contributed by atoms with E-state index in [9.17, 15) is 9.90 Å². The van der Waals surface area contributed by atoms with E-state index in [2.05, 4.69) is 5.32 Å². The molecule has 134 valence electrons. The number of hydrogen-bond acceptors (Lipinski definition) is 3. The van der Waals surface area contributed by atoms with Crippen molar-refractivity contribution in [3.05, 3.63) is 92.2 Å². The van der Waals surface area contributed by atoms with Crippen LogP contribution in [0.1, 0.15) is 48.5 Å². The molecule has 0 saturated heterocycles. The van der Waals surface area contributed by atoms with Gasteiger partial charge in [0.15, 0.2) is 0 Å². The molecule has 3 aromatic rings. The third kappa shape index (κ3) is 4.03. The van der Waals surface area contributed by atoms with Crippen molar-refractivity contribution in [2.45, 2.75) is 33.4 Å². The van der Waals surface area contributed by atoms with Crippen LogP contribution in [0, 0.1) is 20.8 Å². The summed E-state index contributed by atoms with van der Waals surface area (Å²) in [5.41, 5.74) is 4.76. The van der Waals surface area contributed by atoms with E-state index in [-0.39, 0.29) is 5.91 Å². The second kappa shape index (κ2) is 7.85. The van der Waals surface area contributed by atoms with Crippen molar-refractivity contribution in [2.75, 3.05) is 0 Å². The van der Waals surface area contributed by atoms with E-state index in [1.807, 2.05) is 75.4 Å². The number of carbonyl (C=O) groups is 1. The first-order valence-electron chi connectivity index (χ1n) is 8.63. The fourth-order valence-electron chi connectivity index (χ4n) is 3.23. The van der Waals surface area contributed by atoms with Gasteiger partial charge in [0.2, 0.25) is 0 Å². The van der Waals surface area contributed by atoms with Crippen LogP contribution < -0.4 is 5.32 Å². The fourth-order valence-corrected chi connectivity index (χ4v) is 4.20. The summed E-state index contributed by atoms with van der Waals surface area (Å²) in [5, 5.41) is 13.5. The molecule has 0 fully saturated rings. The smallest absolute Gasteiger partial charge is 0.252 e. The average molecular weight is 365 g/mol. The summed E-state index contributed by atoms with van der Waals surface area (Å²) in [5.74, 6) is -0.0569. The van der Waals surface area contributed by atoms with E-state index in [0.717, 1.165) is 37.6 Å². The molecular weight excluding hydrogens is 342 g/mol. The van der Waals surface area contributed by atoms with Gasteiger partial charge < -0.3 is 10.4 Å². The molecule has 0 saturated carbocycles. The van der Waals surface area contributed by atoms with Crippen molar-refractivity contribution in [3.8, 4) is 0 Å². The molecule has 1 aromatic heterocycles. The van der Waals surface area contributed by atoms with Crippen molar-refractivity contribution >= 4 is 17.2 Å². The minimum Gasteiger partial charge on any atom is -0.383 e. The van der Waals surface area contributed by atoms with Gasteiger partial charge in [-0.15, -0.1) is 11.3 Å². The number of carbonyl (C=O) groups excluding carboxylic acids is 1. The van der Waals surface area contributed by atoms with Gasteiger partial charge in [0.1, 0.15) is 6.10 Å². The number of amides is 1. The summed E-state index contributed by atoms with van der Waals surface area (Å²) in [6.45, 7) is 6.42. The molecule has 0 bridgehead atoms. The van der Waals surface area contributed by atoms with Crippen LogP contribution in [0.25, 0.3) is 0 Å². The molecule has 2 aromatic carbocycles. The Morgan fingerprint density at radius 2 is 1.69 bits per heavy atom. The molecule has 4 heteroatoms. The molecule has 3 nitrogen and oxygen atoms in total. The number of aryl methyl sites for hydroxylation is 3. The third-order valence-electron chi connectivity index (χ3n) is 4.39. The maximum absolute atomic E-state index is 12.6. The highest BCUT2D eigenvalue weighted by atomic mass is 32.1. The molecule has 2 N–H and O–H groups in total. The van der Waals surface area contributed by atoms with Gasteiger partial charge in [-0.2, -0.15) is 0 Å². The molecule has 26 heavy (non-hydrogen) atoms. The monoisotopic (exact) mass is 365 g/mol. The van der Waals surface area contributed by atoms with E-state index < -0.39 is 6.10 Å².